The maximum atomic E-state index is 13.1. The third-order valence-corrected chi connectivity index (χ3v) is 7.69. The Morgan fingerprint density at radius 2 is 1.79 bits per heavy atom. The molecule has 1 aromatic heterocycles. The number of anilines is 3. The van der Waals surface area contributed by atoms with Crippen molar-refractivity contribution in [3.05, 3.63) is 94.7 Å². The third kappa shape index (κ3) is 4.71. The van der Waals surface area contributed by atoms with E-state index in [-0.39, 0.29) is 11.8 Å². The predicted octanol–water partition coefficient (Wildman–Crippen LogP) is 7.13. The van der Waals surface area contributed by atoms with Crippen LogP contribution in [0.4, 0.5) is 22.7 Å². The summed E-state index contributed by atoms with van der Waals surface area (Å²) in [4.78, 5) is 20.9. The molecule has 1 unspecified atom stereocenters. The summed E-state index contributed by atoms with van der Waals surface area (Å²) >= 11 is 3.26. The van der Waals surface area contributed by atoms with E-state index in [1.54, 1.807) is 23.1 Å². The van der Waals surface area contributed by atoms with Crippen molar-refractivity contribution in [1.82, 2.24) is 0 Å². The molecule has 34 heavy (non-hydrogen) atoms. The lowest BCUT2D eigenvalue weighted by Crippen LogP contribution is -2.20. The monoisotopic (exact) mass is 484 g/mol. The van der Waals surface area contributed by atoms with Crippen molar-refractivity contribution in [1.29, 1.82) is 0 Å². The van der Waals surface area contributed by atoms with Crippen molar-refractivity contribution in [2.45, 2.75) is 29.1 Å². The molecule has 0 saturated heterocycles. The van der Waals surface area contributed by atoms with Crippen molar-refractivity contribution in [3.8, 4) is 0 Å². The van der Waals surface area contributed by atoms with Gasteiger partial charge in [-0.15, -0.1) is 11.3 Å². The van der Waals surface area contributed by atoms with E-state index in [0.29, 0.717) is 12.3 Å². The number of hydrogen-bond donors (Lipinski definition) is 3. The molecule has 7 heteroatoms. The van der Waals surface area contributed by atoms with Crippen LogP contribution >= 0.6 is 23.1 Å². The SMILES string of the molecule is CCC(C(=O)Nc1ccc2c(c1)Sc1ccccc1N2)c1ccc(N=C(N)c2cccs2)cc1. The Labute approximate surface area is 207 Å². The Hall–Kier alpha value is -3.55. The molecule has 1 amide bonds. The number of nitrogens with two attached hydrogens (primary N) is 1. The van der Waals surface area contributed by atoms with Gasteiger partial charge in [-0.25, -0.2) is 4.99 Å². The zero-order chi connectivity index (χ0) is 23.5. The van der Waals surface area contributed by atoms with Crippen molar-refractivity contribution in [2.75, 3.05) is 10.6 Å². The number of carbonyl (C=O) groups excluding carboxylic acids is 1. The smallest absolute Gasteiger partial charge is 0.231 e. The molecule has 1 aliphatic rings. The summed E-state index contributed by atoms with van der Waals surface area (Å²) in [5, 5.41) is 8.53. The summed E-state index contributed by atoms with van der Waals surface area (Å²) < 4.78 is 0. The zero-order valence-corrected chi connectivity index (χ0v) is 20.2. The van der Waals surface area contributed by atoms with Crippen molar-refractivity contribution < 1.29 is 4.79 Å². The number of benzene rings is 3. The van der Waals surface area contributed by atoms with E-state index in [4.69, 9.17) is 5.73 Å². The second kappa shape index (κ2) is 9.75. The second-order valence-corrected chi connectivity index (χ2v) is 9.98. The van der Waals surface area contributed by atoms with Crippen LogP contribution in [0.3, 0.4) is 0 Å². The highest BCUT2D eigenvalue weighted by Gasteiger charge is 2.20. The molecule has 5 nitrogen and oxygen atoms in total. The zero-order valence-electron chi connectivity index (χ0n) is 18.6. The number of nitrogens with zero attached hydrogens (tertiary/aromatic N) is 1. The van der Waals surface area contributed by atoms with Crippen LogP contribution in [0.15, 0.2) is 99.0 Å². The van der Waals surface area contributed by atoms with E-state index < -0.39 is 0 Å². The number of amidine groups is 1. The summed E-state index contributed by atoms with van der Waals surface area (Å²) in [6, 6.07) is 25.8. The normalized spacial score (nSPS) is 13.4. The standard InChI is InChI=1S/C27H24N4OS2/c1-2-20(17-9-11-18(12-10-17)29-26(28)24-8-5-15-33-24)27(32)30-19-13-14-22-25(16-19)34-23-7-4-3-6-21(23)31-22/h3-16,20,31H,2H2,1H3,(H2,28,29)(H,30,32). The van der Waals surface area contributed by atoms with Crippen LogP contribution in [0.25, 0.3) is 0 Å². The molecular weight excluding hydrogens is 460 g/mol. The number of aliphatic imine (C=N–C) groups is 1. The molecular formula is C27H24N4OS2. The number of carbonyl (C=O) groups is 1. The van der Waals surface area contributed by atoms with Crippen LogP contribution in [0.2, 0.25) is 0 Å². The molecule has 0 saturated carbocycles. The molecule has 0 bridgehead atoms. The molecule has 3 aromatic carbocycles. The van der Waals surface area contributed by atoms with Gasteiger partial charge in [-0.2, -0.15) is 0 Å². The number of fused-ring (bicyclic) bond motifs is 2. The second-order valence-electron chi connectivity index (χ2n) is 7.95. The minimum atomic E-state index is -0.254. The van der Waals surface area contributed by atoms with E-state index in [0.717, 1.165) is 38.1 Å². The maximum absolute atomic E-state index is 13.1. The first-order valence-electron chi connectivity index (χ1n) is 11.1. The number of hydrogen-bond acceptors (Lipinski definition) is 5. The number of para-hydroxylation sites is 1. The quantitative estimate of drug-likeness (QED) is 0.177. The van der Waals surface area contributed by atoms with Crippen LogP contribution in [-0.2, 0) is 4.79 Å². The molecule has 1 aliphatic heterocycles. The highest BCUT2D eigenvalue weighted by Crippen LogP contribution is 2.44. The summed E-state index contributed by atoms with van der Waals surface area (Å²) in [6.07, 6.45) is 0.695. The van der Waals surface area contributed by atoms with E-state index in [1.807, 2.05) is 79.0 Å². The lowest BCUT2D eigenvalue weighted by Gasteiger charge is -2.22. The first kappa shape index (κ1) is 22.3. The van der Waals surface area contributed by atoms with Gasteiger partial charge in [0.05, 0.1) is 27.9 Å². The van der Waals surface area contributed by atoms with Crippen molar-refractivity contribution in [3.63, 3.8) is 0 Å². The number of amides is 1. The van der Waals surface area contributed by atoms with Gasteiger partial charge in [0.2, 0.25) is 5.91 Å². The highest BCUT2D eigenvalue weighted by atomic mass is 32.2. The summed E-state index contributed by atoms with van der Waals surface area (Å²) in [7, 11) is 0. The molecule has 0 spiro atoms. The van der Waals surface area contributed by atoms with Gasteiger partial charge in [-0.05, 0) is 65.9 Å². The Kier molecular flexibility index (Phi) is 6.38. The van der Waals surface area contributed by atoms with Gasteiger partial charge in [0.25, 0.3) is 0 Å². The Morgan fingerprint density at radius 3 is 2.56 bits per heavy atom. The molecule has 1 atom stereocenters. The average molecular weight is 485 g/mol. The van der Waals surface area contributed by atoms with Gasteiger partial charge in [-0.3, -0.25) is 4.79 Å². The molecule has 0 fully saturated rings. The Balaban J connectivity index is 1.29. The first-order chi connectivity index (χ1) is 16.6. The lowest BCUT2D eigenvalue weighted by atomic mass is 9.95. The Morgan fingerprint density at radius 1 is 1.00 bits per heavy atom. The van der Waals surface area contributed by atoms with Crippen LogP contribution < -0.4 is 16.4 Å². The summed E-state index contributed by atoms with van der Waals surface area (Å²) in [6.45, 7) is 2.02. The van der Waals surface area contributed by atoms with Crippen LogP contribution in [0.5, 0.6) is 0 Å². The van der Waals surface area contributed by atoms with Crippen LogP contribution in [0, 0.1) is 0 Å². The number of rotatable bonds is 6. The topological polar surface area (TPSA) is 79.5 Å². The molecule has 2 heterocycles. The highest BCUT2D eigenvalue weighted by molar-refractivity contribution is 7.99. The minimum absolute atomic E-state index is 0.0223. The average Bonchev–Trinajstić information content (AvgIpc) is 3.39. The van der Waals surface area contributed by atoms with Gasteiger partial charge in [0, 0.05) is 15.5 Å². The Bertz CT molecular complexity index is 1350. The number of nitrogens with one attached hydrogen (secondary N) is 2. The molecule has 5 rings (SSSR count). The van der Waals surface area contributed by atoms with Gasteiger partial charge in [0.15, 0.2) is 0 Å². The fourth-order valence-electron chi connectivity index (χ4n) is 3.91. The van der Waals surface area contributed by atoms with Crippen molar-refractivity contribution >= 4 is 57.6 Å². The molecule has 4 aromatic rings. The van der Waals surface area contributed by atoms with Crippen LogP contribution in [-0.4, -0.2) is 11.7 Å². The van der Waals surface area contributed by atoms with Crippen molar-refractivity contribution in [2.24, 2.45) is 10.7 Å². The molecule has 170 valence electrons. The van der Waals surface area contributed by atoms with Gasteiger partial charge in [-0.1, -0.05) is 49.0 Å². The molecule has 0 radical (unpaired) electrons. The van der Waals surface area contributed by atoms with Gasteiger partial charge < -0.3 is 16.4 Å². The lowest BCUT2D eigenvalue weighted by molar-refractivity contribution is -0.117. The first-order valence-corrected chi connectivity index (χ1v) is 12.8. The fraction of sp³-hybridized carbons (Fsp3) is 0.111. The summed E-state index contributed by atoms with van der Waals surface area (Å²) in [5.41, 5.74) is 10.8. The van der Waals surface area contributed by atoms with Gasteiger partial charge in [0.1, 0.15) is 5.84 Å². The number of thiophene rings is 1. The van der Waals surface area contributed by atoms with Crippen LogP contribution in [0.1, 0.15) is 29.7 Å². The molecule has 4 N–H and O–H groups in total. The van der Waals surface area contributed by atoms with E-state index in [2.05, 4.69) is 27.8 Å². The summed E-state index contributed by atoms with van der Waals surface area (Å²) in [5.74, 6) is 0.219. The molecule has 0 aliphatic carbocycles. The largest absolute Gasteiger partial charge is 0.383 e. The third-order valence-electron chi connectivity index (χ3n) is 5.67. The fourth-order valence-corrected chi connectivity index (χ4v) is 5.57. The van der Waals surface area contributed by atoms with E-state index in [9.17, 15) is 4.79 Å². The predicted molar refractivity (Wildman–Crippen MR) is 143 cm³/mol. The minimum Gasteiger partial charge on any atom is -0.383 e. The van der Waals surface area contributed by atoms with E-state index in [1.165, 1.54) is 4.90 Å². The van der Waals surface area contributed by atoms with E-state index >= 15 is 0 Å². The maximum Gasteiger partial charge on any atom is 0.231 e. The van der Waals surface area contributed by atoms with Gasteiger partial charge >= 0.3 is 0 Å².